The highest BCUT2D eigenvalue weighted by Gasteiger charge is 2.49. The van der Waals surface area contributed by atoms with E-state index in [9.17, 15) is 4.79 Å². The fraction of sp³-hybridized carbons (Fsp3) is 0.286. The van der Waals surface area contributed by atoms with Crippen molar-refractivity contribution in [1.82, 2.24) is 5.32 Å². The molecule has 0 radical (unpaired) electrons. The maximum atomic E-state index is 15.2. The van der Waals surface area contributed by atoms with Gasteiger partial charge in [0.2, 0.25) is 0 Å². The summed E-state index contributed by atoms with van der Waals surface area (Å²) in [5.41, 5.74) is 1.50. The van der Waals surface area contributed by atoms with Gasteiger partial charge in [-0.2, -0.15) is 0 Å². The van der Waals surface area contributed by atoms with Crippen LogP contribution in [0, 0.1) is 11.7 Å². The number of aliphatic imine (C=N–C) groups is 1. The third kappa shape index (κ3) is 4.79. The lowest BCUT2D eigenvalue weighted by molar-refractivity contribution is -0.0199. The number of benzene rings is 3. The van der Waals surface area contributed by atoms with Gasteiger partial charge in [0.05, 0.1) is 18.2 Å². The molecule has 5 rings (SSSR count). The number of nitrogens with one attached hydrogen (secondary N) is 1. The number of halogens is 1. The van der Waals surface area contributed by atoms with Crippen molar-refractivity contribution in [2.45, 2.75) is 37.5 Å². The highest BCUT2D eigenvalue weighted by molar-refractivity contribution is 8.13. The van der Waals surface area contributed by atoms with E-state index in [1.54, 1.807) is 18.2 Å². The molecule has 3 atom stereocenters. The summed E-state index contributed by atoms with van der Waals surface area (Å²) in [6.07, 6.45) is 2.34. The molecule has 0 bridgehead atoms. The third-order valence-corrected chi connectivity index (χ3v) is 7.73. The maximum Gasteiger partial charge on any atom is 0.257 e. The molecule has 1 saturated carbocycles. The minimum Gasteiger partial charge on any atom is -0.373 e. The molecule has 174 valence electrons. The summed E-state index contributed by atoms with van der Waals surface area (Å²) in [4.78, 5) is 17.9. The number of hydrogen-bond acceptors (Lipinski definition) is 4. The molecular weight excluding hydrogens is 447 g/mol. The highest BCUT2D eigenvalue weighted by Crippen LogP contribution is 2.50. The van der Waals surface area contributed by atoms with Gasteiger partial charge in [-0.05, 0) is 42.5 Å². The molecule has 34 heavy (non-hydrogen) atoms. The molecule has 1 N–H and O–H groups in total. The van der Waals surface area contributed by atoms with Gasteiger partial charge in [-0.3, -0.25) is 9.79 Å². The molecule has 0 saturated heterocycles. The van der Waals surface area contributed by atoms with Crippen molar-refractivity contribution < 1.29 is 13.9 Å². The summed E-state index contributed by atoms with van der Waals surface area (Å²) < 4.78 is 21.5. The fourth-order valence-electron chi connectivity index (χ4n) is 4.95. The van der Waals surface area contributed by atoms with Crippen LogP contribution in [0.5, 0.6) is 0 Å². The topological polar surface area (TPSA) is 50.7 Å². The number of amidine groups is 1. The number of fused-ring (bicyclic) bond motifs is 1. The smallest absolute Gasteiger partial charge is 0.257 e. The molecule has 0 spiro atoms. The Kier molecular flexibility index (Phi) is 6.79. The Hall–Kier alpha value is -2.96. The average molecular weight is 475 g/mol. The number of carbonyl (C=O) groups is 1. The molecular formula is C28H27FN2O2S. The van der Waals surface area contributed by atoms with E-state index in [1.165, 1.54) is 17.8 Å². The monoisotopic (exact) mass is 474 g/mol. The van der Waals surface area contributed by atoms with Crippen molar-refractivity contribution in [2.75, 3.05) is 5.75 Å². The van der Waals surface area contributed by atoms with E-state index >= 15 is 4.39 Å². The van der Waals surface area contributed by atoms with E-state index in [0.717, 1.165) is 24.2 Å². The lowest BCUT2D eigenvalue weighted by atomic mass is 9.68. The summed E-state index contributed by atoms with van der Waals surface area (Å²) >= 11 is 1.54. The summed E-state index contributed by atoms with van der Waals surface area (Å²) in [5, 5.41) is 3.50. The number of rotatable bonds is 5. The van der Waals surface area contributed by atoms with Gasteiger partial charge in [-0.15, -0.1) is 0 Å². The Labute approximate surface area is 203 Å². The lowest BCUT2D eigenvalue weighted by Gasteiger charge is -2.47. The average Bonchev–Trinajstić information content (AvgIpc) is 2.88. The van der Waals surface area contributed by atoms with Crippen LogP contribution >= 0.6 is 11.8 Å². The number of thioether (sulfide) groups is 1. The zero-order valence-corrected chi connectivity index (χ0v) is 19.6. The molecule has 3 aromatic rings. The van der Waals surface area contributed by atoms with Crippen LogP contribution < -0.4 is 5.32 Å². The molecule has 1 aliphatic heterocycles. The van der Waals surface area contributed by atoms with Crippen LogP contribution in [0.25, 0.3) is 0 Å². The molecule has 1 amide bonds. The molecule has 0 unspecified atom stereocenters. The largest absolute Gasteiger partial charge is 0.373 e. The second kappa shape index (κ2) is 10.1. The van der Waals surface area contributed by atoms with Gasteiger partial charge in [0.15, 0.2) is 5.17 Å². The Morgan fingerprint density at radius 3 is 2.47 bits per heavy atom. The Balaban J connectivity index is 1.44. The van der Waals surface area contributed by atoms with Crippen molar-refractivity contribution in [3.63, 3.8) is 0 Å². The number of ether oxygens (including phenoxy) is 1. The van der Waals surface area contributed by atoms with E-state index in [1.807, 2.05) is 60.7 Å². The van der Waals surface area contributed by atoms with Crippen LogP contribution in [-0.4, -0.2) is 22.9 Å². The zero-order chi connectivity index (χ0) is 23.4. The molecule has 1 heterocycles. The first kappa shape index (κ1) is 22.8. The highest BCUT2D eigenvalue weighted by atomic mass is 32.2. The van der Waals surface area contributed by atoms with E-state index < -0.39 is 5.54 Å². The van der Waals surface area contributed by atoms with Gasteiger partial charge in [0, 0.05) is 23.3 Å². The van der Waals surface area contributed by atoms with Gasteiger partial charge in [0.1, 0.15) is 5.82 Å². The van der Waals surface area contributed by atoms with Crippen LogP contribution in [0.2, 0.25) is 0 Å². The molecule has 3 aromatic carbocycles. The third-order valence-electron chi connectivity index (χ3n) is 6.70. The zero-order valence-electron chi connectivity index (χ0n) is 18.8. The number of nitrogens with zero attached hydrogens (tertiary/aromatic N) is 1. The predicted molar refractivity (Wildman–Crippen MR) is 134 cm³/mol. The molecule has 1 aliphatic carbocycles. The summed E-state index contributed by atoms with van der Waals surface area (Å²) in [5.74, 6) is 0.471. The first-order valence-corrected chi connectivity index (χ1v) is 12.6. The minimum absolute atomic E-state index is 0.0472. The lowest BCUT2D eigenvalue weighted by Crippen LogP contribution is -2.48. The quantitative estimate of drug-likeness (QED) is 0.498. The standard InChI is InChI=1S/C28H27FN2O2S/c29-25-14-8-7-13-24(25)28-17-23(33-18-20-9-3-1-4-10-20)16-15-22(28)19-34-27(31-28)30-26(32)21-11-5-2-6-12-21/h1-14,22-23H,15-19H2,(H,30,31,32)/t22-,23+,28-/m0/s1. The summed E-state index contributed by atoms with van der Waals surface area (Å²) in [7, 11) is 0. The van der Waals surface area contributed by atoms with Gasteiger partial charge >= 0.3 is 0 Å². The predicted octanol–water partition coefficient (Wildman–Crippen LogP) is 5.94. The Morgan fingerprint density at radius 1 is 1.00 bits per heavy atom. The fourth-order valence-corrected chi connectivity index (χ4v) is 6.14. The second-order valence-corrected chi connectivity index (χ2v) is 9.86. The van der Waals surface area contributed by atoms with Crippen molar-refractivity contribution in [3.8, 4) is 0 Å². The van der Waals surface area contributed by atoms with Crippen molar-refractivity contribution in [1.29, 1.82) is 0 Å². The Morgan fingerprint density at radius 2 is 1.71 bits per heavy atom. The van der Waals surface area contributed by atoms with E-state index in [-0.39, 0.29) is 23.7 Å². The number of carbonyl (C=O) groups excluding carboxylic acids is 1. The molecule has 2 aliphatic rings. The van der Waals surface area contributed by atoms with Crippen molar-refractivity contribution in [2.24, 2.45) is 10.9 Å². The van der Waals surface area contributed by atoms with E-state index in [0.29, 0.717) is 29.3 Å². The van der Waals surface area contributed by atoms with E-state index in [4.69, 9.17) is 9.73 Å². The molecule has 4 nitrogen and oxygen atoms in total. The maximum absolute atomic E-state index is 15.2. The van der Waals surface area contributed by atoms with Crippen molar-refractivity contribution in [3.05, 3.63) is 107 Å². The van der Waals surface area contributed by atoms with Crippen LogP contribution in [0.1, 0.15) is 40.7 Å². The van der Waals surface area contributed by atoms with E-state index in [2.05, 4.69) is 5.32 Å². The van der Waals surface area contributed by atoms with Gasteiger partial charge in [0.25, 0.3) is 5.91 Å². The van der Waals surface area contributed by atoms with Gasteiger partial charge in [-0.1, -0.05) is 78.5 Å². The summed E-state index contributed by atoms with van der Waals surface area (Å²) in [6, 6.07) is 26.0. The second-order valence-electron chi connectivity index (χ2n) is 8.85. The van der Waals surface area contributed by atoms with Crippen LogP contribution in [-0.2, 0) is 16.9 Å². The Bertz CT molecular complexity index is 1170. The van der Waals surface area contributed by atoms with Crippen LogP contribution in [0.4, 0.5) is 4.39 Å². The summed E-state index contributed by atoms with van der Waals surface area (Å²) in [6.45, 7) is 0.513. The van der Waals surface area contributed by atoms with Crippen molar-refractivity contribution >= 4 is 22.8 Å². The molecule has 1 fully saturated rings. The number of amides is 1. The first-order valence-electron chi connectivity index (χ1n) is 11.6. The minimum atomic E-state index is -0.768. The molecule has 6 heteroatoms. The molecule has 0 aromatic heterocycles. The normalized spacial score (nSPS) is 24.1. The first-order chi connectivity index (χ1) is 16.6. The number of hydrogen-bond donors (Lipinski definition) is 1. The SMILES string of the molecule is O=C(NC1=N[C@@]2(c3ccccc3F)C[C@H](OCc3ccccc3)CC[C@H]2CS1)c1ccccc1. The van der Waals surface area contributed by atoms with Gasteiger partial charge < -0.3 is 10.1 Å². The van der Waals surface area contributed by atoms with Crippen LogP contribution in [0.3, 0.4) is 0 Å². The van der Waals surface area contributed by atoms with Gasteiger partial charge in [-0.25, -0.2) is 4.39 Å². The van der Waals surface area contributed by atoms with Crippen LogP contribution in [0.15, 0.2) is 89.9 Å².